The molecule has 102 valence electrons. The third-order valence-electron chi connectivity index (χ3n) is 2.10. The average Bonchev–Trinajstić information content (AvgIpc) is 2.32. The molecule has 1 aromatic rings. The number of aliphatic hydroxyl groups excluding tert-OH is 1. The van der Waals surface area contributed by atoms with E-state index in [4.69, 9.17) is 14.9 Å². The number of carbonyl (C=O) groups is 1. The average molecular weight is 254 g/mol. The van der Waals surface area contributed by atoms with Gasteiger partial charge in [-0.3, -0.25) is 0 Å². The van der Waals surface area contributed by atoms with Gasteiger partial charge in [-0.05, 0) is 31.9 Å². The van der Waals surface area contributed by atoms with Crippen molar-refractivity contribution in [3.63, 3.8) is 0 Å². The third-order valence-corrected chi connectivity index (χ3v) is 2.10. The Labute approximate surface area is 108 Å². The molecule has 4 heteroatoms. The van der Waals surface area contributed by atoms with E-state index in [1.165, 1.54) is 0 Å². The molecule has 0 saturated carbocycles. The molecule has 0 bridgehead atoms. The van der Waals surface area contributed by atoms with E-state index in [2.05, 4.69) is 0 Å². The predicted octanol–water partition coefficient (Wildman–Crippen LogP) is 2.62. The Bertz CT molecular complexity index is 361. The molecule has 0 saturated heterocycles. The van der Waals surface area contributed by atoms with E-state index in [1.54, 1.807) is 13.0 Å². The standard InChI is InChI=1S/C12H16O3.C2H6O/c1-3-6-15-8-10-5-4-9(2)7-11(10)12(13)14;1-2-3/h4-5,7H,3,6,8H2,1-2H3,(H,13,14);3H,2H2,1H3. The van der Waals surface area contributed by atoms with E-state index in [9.17, 15) is 4.79 Å². The summed E-state index contributed by atoms with van der Waals surface area (Å²) in [6.07, 6.45) is 0.939. The van der Waals surface area contributed by atoms with Gasteiger partial charge < -0.3 is 14.9 Å². The number of carboxylic acids is 1. The van der Waals surface area contributed by atoms with Crippen LogP contribution in [0.15, 0.2) is 18.2 Å². The number of ether oxygens (including phenoxy) is 1. The third kappa shape index (κ3) is 6.37. The molecule has 18 heavy (non-hydrogen) atoms. The second-order valence-electron chi connectivity index (χ2n) is 3.83. The lowest BCUT2D eigenvalue weighted by atomic mass is 10.1. The number of aromatic carboxylic acids is 1. The summed E-state index contributed by atoms with van der Waals surface area (Å²) in [7, 11) is 0. The van der Waals surface area contributed by atoms with Gasteiger partial charge in [0.2, 0.25) is 0 Å². The van der Waals surface area contributed by atoms with Gasteiger partial charge >= 0.3 is 5.97 Å². The first-order chi connectivity index (χ1) is 8.56. The van der Waals surface area contributed by atoms with Crippen LogP contribution < -0.4 is 0 Å². The fourth-order valence-corrected chi connectivity index (χ4v) is 1.34. The van der Waals surface area contributed by atoms with Crippen molar-refractivity contribution in [2.45, 2.75) is 33.8 Å². The normalized spacial score (nSPS) is 9.56. The lowest BCUT2D eigenvalue weighted by Crippen LogP contribution is -2.05. The molecule has 1 aromatic carbocycles. The number of hydrogen-bond acceptors (Lipinski definition) is 3. The molecule has 4 nitrogen and oxygen atoms in total. The maximum absolute atomic E-state index is 11.0. The van der Waals surface area contributed by atoms with E-state index in [0.29, 0.717) is 18.8 Å². The van der Waals surface area contributed by atoms with Crippen LogP contribution in [0.3, 0.4) is 0 Å². The molecule has 0 unspecified atom stereocenters. The maximum atomic E-state index is 11.0. The molecule has 0 aliphatic heterocycles. The van der Waals surface area contributed by atoms with E-state index in [0.717, 1.165) is 17.5 Å². The highest BCUT2D eigenvalue weighted by molar-refractivity contribution is 5.89. The van der Waals surface area contributed by atoms with E-state index in [1.807, 2.05) is 26.0 Å². The molecular weight excluding hydrogens is 232 g/mol. The molecule has 0 amide bonds. The first kappa shape index (κ1) is 16.6. The van der Waals surface area contributed by atoms with Crippen molar-refractivity contribution in [1.82, 2.24) is 0 Å². The summed E-state index contributed by atoms with van der Waals surface area (Å²) in [5, 5.41) is 16.6. The Kier molecular flexibility index (Phi) is 8.88. The molecule has 0 atom stereocenters. The Morgan fingerprint density at radius 2 is 1.94 bits per heavy atom. The van der Waals surface area contributed by atoms with Crippen LogP contribution in [0, 0.1) is 6.92 Å². The van der Waals surface area contributed by atoms with E-state index in [-0.39, 0.29) is 6.61 Å². The zero-order valence-electron chi connectivity index (χ0n) is 11.3. The van der Waals surface area contributed by atoms with Gasteiger partial charge in [0.15, 0.2) is 0 Å². The fourth-order valence-electron chi connectivity index (χ4n) is 1.34. The summed E-state index contributed by atoms with van der Waals surface area (Å²) in [4.78, 5) is 11.0. The van der Waals surface area contributed by atoms with Crippen molar-refractivity contribution in [1.29, 1.82) is 0 Å². The smallest absolute Gasteiger partial charge is 0.336 e. The second kappa shape index (κ2) is 9.62. The molecule has 0 aliphatic carbocycles. The van der Waals surface area contributed by atoms with Gasteiger partial charge in [-0.15, -0.1) is 0 Å². The zero-order chi connectivity index (χ0) is 14.0. The summed E-state index contributed by atoms with van der Waals surface area (Å²) in [5.41, 5.74) is 2.03. The number of hydrogen-bond donors (Lipinski definition) is 2. The Morgan fingerprint density at radius 1 is 1.33 bits per heavy atom. The Balaban J connectivity index is 0.000000873. The van der Waals surface area contributed by atoms with Gasteiger partial charge in [-0.2, -0.15) is 0 Å². The zero-order valence-corrected chi connectivity index (χ0v) is 11.3. The first-order valence-corrected chi connectivity index (χ1v) is 6.08. The van der Waals surface area contributed by atoms with Crippen molar-refractivity contribution in [3.05, 3.63) is 34.9 Å². The van der Waals surface area contributed by atoms with Crippen LogP contribution in [0.25, 0.3) is 0 Å². The molecule has 0 radical (unpaired) electrons. The summed E-state index contributed by atoms with van der Waals surface area (Å²) < 4.78 is 5.34. The van der Waals surface area contributed by atoms with Crippen molar-refractivity contribution >= 4 is 5.97 Å². The molecule has 0 spiro atoms. The first-order valence-electron chi connectivity index (χ1n) is 6.08. The van der Waals surface area contributed by atoms with Crippen molar-refractivity contribution in [2.24, 2.45) is 0 Å². The topological polar surface area (TPSA) is 66.8 Å². The van der Waals surface area contributed by atoms with Gasteiger partial charge in [0.05, 0.1) is 12.2 Å². The van der Waals surface area contributed by atoms with E-state index >= 15 is 0 Å². The number of carboxylic acid groups (broad SMARTS) is 1. The van der Waals surface area contributed by atoms with Crippen molar-refractivity contribution in [3.8, 4) is 0 Å². The summed E-state index contributed by atoms with van der Waals surface area (Å²) in [6.45, 7) is 6.86. The lowest BCUT2D eigenvalue weighted by Gasteiger charge is -2.07. The molecule has 0 heterocycles. The summed E-state index contributed by atoms with van der Waals surface area (Å²) in [5.74, 6) is -0.895. The second-order valence-corrected chi connectivity index (χ2v) is 3.83. The highest BCUT2D eigenvalue weighted by Gasteiger charge is 2.09. The monoisotopic (exact) mass is 254 g/mol. The van der Waals surface area contributed by atoms with Crippen molar-refractivity contribution < 1.29 is 19.7 Å². The molecule has 0 fully saturated rings. The molecule has 1 rings (SSSR count). The highest BCUT2D eigenvalue weighted by Crippen LogP contribution is 2.13. The number of benzene rings is 1. The van der Waals surface area contributed by atoms with Crippen LogP contribution in [0.2, 0.25) is 0 Å². The van der Waals surface area contributed by atoms with Gasteiger partial charge in [0.25, 0.3) is 0 Å². The fraction of sp³-hybridized carbons (Fsp3) is 0.500. The lowest BCUT2D eigenvalue weighted by molar-refractivity contribution is 0.0687. The predicted molar refractivity (Wildman–Crippen MR) is 70.8 cm³/mol. The van der Waals surface area contributed by atoms with Crippen molar-refractivity contribution in [2.75, 3.05) is 13.2 Å². The van der Waals surface area contributed by atoms with Gasteiger partial charge in [0, 0.05) is 13.2 Å². The number of rotatable bonds is 5. The van der Waals surface area contributed by atoms with Crippen LogP contribution in [0.4, 0.5) is 0 Å². The minimum Gasteiger partial charge on any atom is -0.478 e. The largest absolute Gasteiger partial charge is 0.478 e. The minimum absolute atomic E-state index is 0.250. The van der Waals surface area contributed by atoms with Gasteiger partial charge in [0.1, 0.15) is 0 Å². The highest BCUT2D eigenvalue weighted by atomic mass is 16.5. The molecule has 2 N–H and O–H groups in total. The summed E-state index contributed by atoms with van der Waals surface area (Å²) >= 11 is 0. The van der Waals surface area contributed by atoms with Crippen LogP contribution in [0.5, 0.6) is 0 Å². The van der Waals surface area contributed by atoms with Crippen LogP contribution in [0.1, 0.15) is 41.8 Å². The van der Waals surface area contributed by atoms with Crippen LogP contribution in [-0.2, 0) is 11.3 Å². The SMILES string of the molecule is CCCOCc1ccc(C)cc1C(=O)O.CCO. The molecule has 0 aliphatic rings. The van der Waals surface area contributed by atoms with Crippen LogP contribution in [-0.4, -0.2) is 29.4 Å². The maximum Gasteiger partial charge on any atom is 0.336 e. The molecular formula is C14H22O4. The Hall–Kier alpha value is -1.39. The van der Waals surface area contributed by atoms with Crippen LogP contribution >= 0.6 is 0 Å². The minimum atomic E-state index is -0.895. The molecule has 0 aromatic heterocycles. The van der Waals surface area contributed by atoms with Gasteiger partial charge in [-0.25, -0.2) is 4.79 Å². The van der Waals surface area contributed by atoms with E-state index < -0.39 is 5.97 Å². The van der Waals surface area contributed by atoms with Gasteiger partial charge in [-0.1, -0.05) is 24.6 Å². The summed E-state index contributed by atoms with van der Waals surface area (Å²) in [6, 6.07) is 5.39. The Morgan fingerprint density at radius 3 is 2.44 bits per heavy atom. The number of aryl methyl sites for hydroxylation is 1. The quantitative estimate of drug-likeness (QED) is 0.793. The number of aliphatic hydroxyl groups is 1.